The predicted octanol–water partition coefficient (Wildman–Crippen LogP) is 3.35. The standard InChI is InChI=1S/C18H22O5/c1-3-5-6-7-10-22-12-8-9-13-14(11-12)17(21)18(16(13)20)23-15(19)4-2/h8-9,11,18H,3-7,10H2,1-2H3. The zero-order valence-electron chi connectivity index (χ0n) is 13.6. The molecule has 0 radical (unpaired) electrons. The van der Waals surface area contributed by atoms with Gasteiger partial charge in [-0.1, -0.05) is 33.1 Å². The molecule has 0 amide bonds. The van der Waals surface area contributed by atoms with Crippen LogP contribution in [0.4, 0.5) is 0 Å². The Kier molecular flexibility index (Phi) is 5.90. The van der Waals surface area contributed by atoms with E-state index < -0.39 is 23.6 Å². The van der Waals surface area contributed by atoms with E-state index in [0.29, 0.717) is 17.9 Å². The Morgan fingerprint density at radius 3 is 2.48 bits per heavy atom. The van der Waals surface area contributed by atoms with E-state index in [-0.39, 0.29) is 12.0 Å². The zero-order chi connectivity index (χ0) is 16.8. The van der Waals surface area contributed by atoms with Crippen molar-refractivity contribution >= 4 is 17.5 Å². The van der Waals surface area contributed by atoms with Gasteiger partial charge in [0.25, 0.3) is 0 Å². The number of unbranched alkanes of at least 4 members (excludes halogenated alkanes) is 3. The number of carbonyl (C=O) groups is 3. The van der Waals surface area contributed by atoms with E-state index in [1.165, 1.54) is 6.42 Å². The lowest BCUT2D eigenvalue weighted by Gasteiger charge is -2.07. The van der Waals surface area contributed by atoms with E-state index in [1.807, 2.05) is 0 Å². The number of fused-ring (bicyclic) bond motifs is 1. The van der Waals surface area contributed by atoms with Gasteiger partial charge in [-0.2, -0.15) is 0 Å². The highest BCUT2D eigenvalue weighted by Crippen LogP contribution is 2.28. The molecule has 0 N–H and O–H groups in total. The smallest absolute Gasteiger partial charge is 0.306 e. The molecule has 23 heavy (non-hydrogen) atoms. The van der Waals surface area contributed by atoms with Gasteiger partial charge in [-0.25, -0.2) is 0 Å². The molecule has 0 saturated carbocycles. The van der Waals surface area contributed by atoms with Gasteiger partial charge >= 0.3 is 5.97 Å². The van der Waals surface area contributed by atoms with Gasteiger partial charge in [-0.15, -0.1) is 0 Å². The molecule has 0 aromatic heterocycles. The van der Waals surface area contributed by atoms with Gasteiger partial charge in [0.15, 0.2) is 0 Å². The van der Waals surface area contributed by atoms with Crippen molar-refractivity contribution in [1.29, 1.82) is 0 Å². The fraction of sp³-hybridized carbons (Fsp3) is 0.500. The minimum Gasteiger partial charge on any atom is -0.494 e. The monoisotopic (exact) mass is 318 g/mol. The number of benzene rings is 1. The molecule has 0 heterocycles. The first-order valence-electron chi connectivity index (χ1n) is 8.13. The summed E-state index contributed by atoms with van der Waals surface area (Å²) in [5.74, 6) is -0.926. The number of hydrogen-bond donors (Lipinski definition) is 0. The third-order valence-electron chi connectivity index (χ3n) is 3.80. The SMILES string of the molecule is CCCCCCOc1ccc2c(c1)C(=O)C(OC(=O)CC)C2=O. The first kappa shape index (κ1) is 17.2. The van der Waals surface area contributed by atoms with Crippen molar-refractivity contribution in [2.75, 3.05) is 6.61 Å². The van der Waals surface area contributed by atoms with E-state index >= 15 is 0 Å². The minimum atomic E-state index is -1.34. The molecular weight excluding hydrogens is 296 g/mol. The van der Waals surface area contributed by atoms with E-state index in [4.69, 9.17) is 9.47 Å². The fourth-order valence-electron chi connectivity index (χ4n) is 2.47. The largest absolute Gasteiger partial charge is 0.494 e. The lowest BCUT2D eigenvalue weighted by Crippen LogP contribution is -2.28. The lowest BCUT2D eigenvalue weighted by molar-refractivity contribution is -0.144. The van der Waals surface area contributed by atoms with Crippen molar-refractivity contribution in [3.05, 3.63) is 29.3 Å². The van der Waals surface area contributed by atoms with Crippen molar-refractivity contribution in [2.45, 2.75) is 52.1 Å². The third kappa shape index (κ3) is 3.97. The number of Topliss-reactive ketones (excluding diaryl/α,β-unsaturated/α-hetero) is 2. The summed E-state index contributed by atoms with van der Waals surface area (Å²) in [6.07, 6.45) is 3.18. The Morgan fingerprint density at radius 2 is 1.78 bits per heavy atom. The second kappa shape index (κ2) is 7.90. The highest BCUT2D eigenvalue weighted by molar-refractivity contribution is 6.29. The number of hydrogen-bond acceptors (Lipinski definition) is 5. The van der Waals surface area contributed by atoms with Crippen LogP contribution in [0.15, 0.2) is 18.2 Å². The van der Waals surface area contributed by atoms with Gasteiger partial charge in [0.2, 0.25) is 17.7 Å². The van der Waals surface area contributed by atoms with Crippen LogP contribution >= 0.6 is 0 Å². The summed E-state index contributed by atoms with van der Waals surface area (Å²) in [5, 5.41) is 0. The summed E-state index contributed by atoms with van der Waals surface area (Å²) >= 11 is 0. The highest BCUT2D eigenvalue weighted by Gasteiger charge is 2.41. The highest BCUT2D eigenvalue weighted by atomic mass is 16.6. The third-order valence-corrected chi connectivity index (χ3v) is 3.80. The summed E-state index contributed by atoms with van der Waals surface area (Å²) in [6.45, 7) is 4.34. The molecule has 0 fully saturated rings. The van der Waals surface area contributed by atoms with Crippen LogP contribution in [0.1, 0.15) is 66.7 Å². The van der Waals surface area contributed by atoms with Gasteiger partial charge in [-0.3, -0.25) is 14.4 Å². The number of ether oxygens (including phenoxy) is 2. The van der Waals surface area contributed by atoms with Crippen LogP contribution < -0.4 is 4.74 Å². The van der Waals surface area contributed by atoms with Crippen LogP contribution in [0, 0.1) is 0 Å². The maximum Gasteiger partial charge on any atom is 0.306 e. The summed E-state index contributed by atoms with van der Waals surface area (Å²) in [7, 11) is 0. The second-order valence-corrected chi connectivity index (χ2v) is 5.57. The quantitative estimate of drug-likeness (QED) is 0.418. The van der Waals surface area contributed by atoms with Gasteiger partial charge in [0, 0.05) is 17.5 Å². The maximum absolute atomic E-state index is 12.3. The molecular formula is C18H22O5. The van der Waals surface area contributed by atoms with Crippen LogP contribution in [-0.4, -0.2) is 30.2 Å². The molecule has 0 aliphatic heterocycles. The van der Waals surface area contributed by atoms with Crippen molar-refractivity contribution in [2.24, 2.45) is 0 Å². The molecule has 5 heteroatoms. The molecule has 0 bridgehead atoms. The molecule has 1 unspecified atom stereocenters. The number of ketones is 2. The van der Waals surface area contributed by atoms with Gasteiger partial charge in [0.1, 0.15) is 5.75 Å². The van der Waals surface area contributed by atoms with Crippen LogP contribution in [0.2, 0.25) is 0 Å². The second-order valence-electron chi connectivity index (χ2n) is 5.57. The molecule has 1 atom stereocenters. The van der Waals surface area contributed by atoms with Crippen molar-refractivity contribution in [1.82, 2.24) is 0 Å². The van der Waals surface area contributed by atoms with Crippen molar-refractivity contribution in [3.8, 4) is 5.75 Å². The average molecular weight is 318 g/mol. The molecule has 0 saturated heterocycles. The summed E-state index contributed by atoms with van der Waals surface area (Å²) < 4.78 is 10.6. The number of carbonyl (C=O) groups excluding carboxylic acids is 3. The number of rotatable bonds is 8. The van der Waals surface area contributed by atoms with E-state index in [0.717, 1.165) is 19.3 Å². The zero-order valence-corrected chi connectivity index (χ0v) is 13.6. The van der Waals surface area contributed by atoms with Gasteiger partial charge < -0.3 is 9.47 Å². The van der Waals surface area contributed by atoms with Crippen LogP contribution in [-0.2, 0) is 9.53 Å². The Balaban J connectivity index is 2.03. The molecule has 124 valence electrons. The summed E-state index contributed by atoms with van der Waals surface area (Å²) in [5.41, 5.74) is 0.567. The fourth-order valence-corrected chi connectivity index (χ4v) is 2.47. The Morgan fingerprint density at radius 1 is 1.04 bits per heavy atom. The van der Waals surface area contributed by atoms with Gasteiger partial charge in [0.05, 0.1) is 6.61 Å². The first-order chi connectivity index (χ1) is 11.1. The molecule has 1 aliphatic carbocycles. The lowest BCUT2D eigenvalue weighted by atomic mass is 10.1. The van der Waals surface area contributed by atoms with Crippen LogP contribution in [0.25, 0.3) is 0 Å². The van der Waals surface area contributed by atoms with Crippen LogP contribution in [0.5, 0.6) is 5.75 Å². The normalized spacial score (nSPS) is 16.3. The van der Waals surface area contributed by atoms with Crippen molar-refractivity contribution in [3.63, 3.8) is 0 Å². The summed E-state index contributed by atoms with van der Waals surface area (Å²) in [6, 6.07) is 4.81. The predicted molar refractivity (Wildman–Crippen MR) is 84.9 cm³/mol. The van der Waals surface area contributed by atoms with E-state index in [2.05, 4.69) is 6.92 Å². The summed E-state index contributed by atoms with van der Waals surface area (Å²) in [4.78, 5) is 35.8. The minimum absolute atomic E-state index is 0.125. The Hall–Kier alpha value is -2.17. The Bertz CT molecular complexity index is 605. The molecule has 2 rings (SSSR count). The molecule has 1 aliphatic rings. The molecule has 1 aromatic rings. The van der Waals surface area contributed by atoms with Crippen LogP contribution in [0.3, 0.4) is 0 Å². The molecule has 1 aromatic carbocycles. The number of esters is 1. The first-order valence-corrected chi connectivity index (χ1v) is 8.13. The molecule has 5 nitrogen and oxygen atoms in total. The maximum atomic E-state index is 12.3. The molecule has 0 spiro atoms. The van der Waals surface area contributed by atoms with Gasteiger partial charge in [-0.05, 0) is 24.6 Å². The van der Waals surface area contributed by atoms with E-state index in [9.17, 15) is 14.4 Å². The average Bonchev–Trinajstić information content (AvgIpc) is 2.79. The Labute approximate surface area is 136 Å². The topological polar surface area (TPSA) is 69.7 Å². The van der Waals surface area contributed by atoms with E-state index in [1.54, 1.807) is 25.1 Å². The van der Waals surface area contributed by atoms with Crippen molar-refractivity contribution < 1.29 is 23.9 Å².